The Labute approximate surface area is 151 Å². The molecule has 26 heavy (non-hydrogen) atoms. The van der Waals surface area contributed by atoms with Gasteiger partial charge in [-0.1, -0.05) is 49.7 Å². The summed E-state index contributed by atoms with van der Waals surface area (Å²) in [5.74, 6) is -3.33. The second-order valence-electron chi connectivity index (χ2n) is 6.13. The lowest BCUT2D eigenvalue weighted by atomic mass is 10.0. The molecule has 0 spiro atoms. The van der Waals surface area contributed by atoms with Crippen molar-refractivity contribution in [2.24, 2.45) is 0 Å². The molecule has 0 aromatic heterocycles. The molecule has 3 rings (SSSR count). The minimum absolute atomic E-state index is 0.0425. The Morgan fingerprint density at radius 3 is 1.81 bits per heavy atom. The van der Waals surface area contributed by atoms with E-state index < -0.39 is 17.5 Å². The van der Waals surface area contributed by atoms with Crippen LogP contribution < -0.4 is 4.74 Å². The average Bonchev–Trinajstić information content (AvgIpc) is 2.66. The fourth-order valence-electron chi connectivity index (χ4n) is 2.75. The Balaban J connectivity index is 1.66. The molecule has 134 valence electrons. The van der Waals surface area contributed by atoms with Gasteiger partial charge in [0, 0.05) is 0 Å². The van der Waals surface area contributed by atoms with Gasteiger partial charge in [0.05, 0.1) is 0 Å². The SMILES string of the molecule is CCCc1ccc(-c2ccc(OCc3cc(F)c(F)c(F)c3)cc2)cc1. The second-order valence-corrected chi connectivity index (χ2v) is 6.13. The highest BCUT2D eigenvalue weighted by Crippen LogP contribution is 2.24. The summed E-state index contributed by atoms with van der Waals surface area (Å²) < 4.78 is 44.9. The average molecular weight is 356 g/mol. The number of ether oxygens (including phenoxy) is 1. The van der Waals surface area contributed by atoms with Crippen LogP contribution in [-0.2, 0) is 13.0 Å². The maximum absolute atomic E-state index is 13.2. The van der Waals surface area contributed by atoms with Crippen LogP contribution in [0.3, 0.4) is 0 Å². The summed E-state index contributed by atoms with van der Waals surface area (Å²) in [6.07, 6.45) is 2.19. The fourth-order valence-corrected chi connectivity index (χ4v) is 2.75. The number of aryl methyl sites for hydroxylation is 1. The molecule has 0 N–H and O–H groups in total. The first-order valence-corrected chi connectivity index (χ1v) is 8.52. The van der Waals surface area contributed by atoms with Crippen molar-refractivity contribution < 1.29 is 17.9 Å². The Bertz CT molecular complexity index is 848. The summed E-state index contributed by atoms with van der Waals surface area (Å²) in [5, 5.41) is 0. The molecule has 0 saturated carbocycles. The third-order valence-corrected chi connectivity index (χ3v) is 4.13. The lowest BCUT2D eigenvalue weighted by Gasteiger charge is -2.09. The predicted octanol–water partition coefficient (Wildman–Crippen LogP) is 6.30. The van der Waals surface area contributed by atoms with Crippen LogP contribution in [0, 0.1) is 17.5 Å². The standard InChI is InChI=1S/C22H19F3O/c1-2-3-15-4-6-17(7-5-15)18-8-10-19(11-9-18)26-14-16-12-20(23)22(25)21(24)13-16/h4-13H,2-3,14H2,1H3. The molecule has 0 unspecified atom stereocenters. The Morgan fingerprint density at radius 2 is 1.27 bits per heavy atom. The van der Waals surface area contributed by atoms with E-state index in [9.17, 15) is 13.2 Å². The summed E-state index contributed by atoms with van der Waals surface area (Å²) in [4.78, 5) is 0. The van der Waals surface area contributed by atoms with Gasteiger partial charge in [0.25, 0.3) is 0 Å². The zero-order chi connectivity index (χ0) is 18.5. The normalized spacial score (nSPS) is 10.8. The van der Waals surface area contributed by atoms with Crippen LogP contribution in [0.15, 0.2) is 60.7 Å². The summed E-state index contributed by atoms with van der Waals surface area (Å²) in [6.45, 7) is 2.11. The number of rotatable bonds is 6. The molecule has 4 heteroatoms. The highest BCUT2D eigenvalue weighted by atomic mass is 19.2. The van der Waals surface area contributed by atoms with E-state index in [1.807, 2.05) is 12.1 Å². The van der Waals surface area contributed by atoms with Gasteiger partial charge in [-0.15, -0.1) is 0 Å². The van der Waals surface area contributed by atoms with Gasteiger partial charge in [-0.05, 0) is 52.9 Å². The van der Waals surface area contributed by atoms with Gasteiger partial charge < -0.3 is 4.74 Å². The van der Waals surface area contributed by atoms with E-state index in [1.54, 1.807) is 12.1 Å². The van der Waals surface area contributed by atoms with Crippen LogP contribution in [0.25, 0.3) is 11.1 Å². The third kappa shape index (κ3) is 4.26. The van der Waals surface area contributed by atoms with Gasteiger partial charge in [-0.2, -0.15) is 0 Å². The zero-order valence-corrected chi connectivity index (χ0v) is 14.4. The van der Waals surface area contributed by atoms with E-state index >= 15 is 0 Å². The van der Waals surface area contributed by atoms with Crippen molar-refractivity contribution in [1.82, 2.24) is 0 Å². The van der Waals surface area contributed by atoms with Crippen LogP contribution in [0.4, 0.5) is 13.2 Å². The molecule has 0 aliphatic rings. The monoisotopic (exact) mass is 356 g/mol. The van der Waals surface area contributed by atoms with Gasteiger partial charge in [0.2, 0.25) is 0 Å². The minimum Gasteiger partial charge on any atom is -0.489 e. The molecule has 1 nitrogen and oxygen atoms in total. The van der Waals surface area contributed by atoms with Crippen molar-refractivity contribution in [2.45, 2.75) is 26.4 Å². The first kappa shape index (κ1) is 18.1. The van der Waals surface area contributed by atoms with E-state index in [-0.39, 0.29) is 12.2 Å². The Morgan fingerprint density at radius 1 is 0.731 bits per heavy atom. The topological polar surface area (TPSA) is 9.23 Å². The Kier molecular flexibility index (Phi) is 5.61. The second kappa shape index (κ2) is 8.09. The van der Waals surface area contributed by atoms with Crippen LogP contribution in [0.5, 0.6) is 5.75 Å². The number of hydrogen-bond donors (Lipinski definition) is 0. The molecule has 0 aliphatic carbocycles. The van der Waals surface area contributed by atoms with Gasteiger partial charge in [-0.25, -0.2) is 13.2 Å². The molecule has 0 heterocycles. The Hall–Kier alpha value is -2.75. The maximum Gasteiger partial charge on any atom is 0.194 e. The first-order chi connectivity index (χ1) is 12.6. The maximum atomic E-state index is 13.2. The predicted molar refractivity (Wildman–Crippen MR) is 96.5 cm³/mol. The summed E-state index contributed by atoms with van der Waals surface area (Å²) in [7, 11) is 0. The van der Waals surface area contributed by atoms with Crippen LogP contribution in [0.2, 0.25) is 0 Å². The van der Waals surface area contributed by atoms with E-state index in [1.165, 1.54) is 5.56 Å². The summed E-state index contributed by atoms with van der Waals surface area (Å²) >= 11 is 0. The largest absolute Gasteiger partial charge is 0.489 e. The molecule has 3 aromatic carbocycles. The molecule has 0 radical (unpaired) electrons. The first-order valence-electron chi connectivity index (χ1n) is 8.52. The molecule has 0 saturated heterocycles. The van der Waals surface area contributed by atoms with Gasteiger partial charge in [0.1, 0.15) is 12.4 Å². The molecule has 0 atom stereocenters. The van der Waals surface area contributed by atoms with E-state index in [4.69, 9.17) is 4.74 Å². The zero-order valence-electron chi connectivity index (χ0n) is 14.4. The highest BCUT2D eigenvalue weighted by Gasteiger charge is 2.10. The van der Waals surface area contributed by atoms with E-state index in [0.717, 1.165) is 36.1 Å². The molecule has 0 amide bonds. The molecule has 0 fully saturated rings. The van der Waals surface area contributed by atoms with Crippen molar-refractivity contribution >= 4 is 0 Å². The van der Waals surface area contributed by atoms with Crippen molar-refractivity contribution in [1.29, 1.82) is 0 Å². The summed E-state index contributed by atoms with van der Waals surface area (Å²) in [6, 6.07) is 17.7. The van der Waals surface area contributed by atoms with Gasteiger partial charge in [-0.3, -0.25) is 0 Å². The number of benzene rings is 3. The molecule has 0 bridgehead atoms. The number of hydrogen-bond acceptors (Lipinski definition) is 1. The van der Waals surface area contributed by atoms with Crippen LogP contribution >= 0.6 is 0 Å². The molecule has 0 aliphatic heterocycles. The molecular weight excluding hydrogens is 337 g/mol. The lowest BCUT2D eigenvalue weighted by Crippen LogP contribution is -1.99. The third-order valence-electron chi connectivity index (χ3n) is 4.13. The van der Waals surface area contributed by atoms with Crippen LogP contribution in [0.1, 0.15) is 24.5 Å². The van der Waals surface area contributed by atoms with E-state index in [0.29, 0.717) is 5.75 Å². The molecule has 3 aromatic rings. The van der Waals surface area contributed by atoms with E-state index in [2.05, 4.69) is 31.2 Å². The number of halogens is 3. The summed E-state index contributed by atoms with van der Waals surface area (Å²) in [5.41, 5.74) is 3.71. The van der Waals surface area contributed by atoms with Gasteiger partial charge in [0.15, 0.2) is 17.5 Å². The van der Waals surface area contributed by atoms with Crippen molar-refractivity contribution in [3.63, 3.8) is 0 Å². The smallest absolute Gasteiger partial charge is 0.194 e. The van der Waals surface area contributed by atoms with Crippen LogP contribution in [-0.4, -0.2) is 0 Å². The van der Waals surface area contributed by atoms with Crippen molar-refractivity contribution in [2.75, 3.05) is 0 Å². The highest BCUT2D eigenvalue weighted by molar-refractivity contribution is 5.64. The van der Waals surface area contributed by atoms with Gasteiger partial charge >= 0.3 is 0 Å². The van der Waals surface area contributed by atoms with Crippen molar-refractivity contribution in [3.05, 3.63) is 89.2 Å². The molecular formula is C22H19F3O. The quantitative estimate of drug-likeness (QED) is 0.471. The fraction of sp³-hybridized carbons (Fsp3) is 0.182. The van der Waals surface area contributed by atoms with Crippen molar-refractivity contribution in [3.8, 4) is 16.9 Å². The lowest BCUT2D eigenvalue weighted by molar-refractivity contribution is 0.303. The minimum atomic E-state index is -1.47.